The summed E-state index contributed by atoms with van der Waals surface area (Å²) in [5.74, 6) is 0. The minimum atomic E-state index is 0.703. The van der Waals surface area contributed by atoms with E-state index in [1.54, 1.807) is 30.3 Å². The number of hydrogen-bond donors (Lipinski definition) is 2. The van der Waals surface area contributed by atoms with Crippen LogP contribution in [-0.4, -0.2) is 5.26 Å². The van der Waals surface area contributed by atoms with Gasteiger partial charge in [0.2, 0.25) is 0 Å². The van der Waals surface area contributed by atoms with Gasteiger partial charge in [-0.05, 0) is 55.0 Å². The molecule has 0 aromatic heterocycles. The van der Waals surface area contributed by atoms with E-state index < -0.39 is 0 Å². The molecule has 0 atom stereocenters. The maximum atomic E-state index is 8.05. The van der Waals surface area contributed by atoms with Crippen molar-refractivity contribution in [1.82, 2.24) is 0 Å². The molecule has 0 aliphatic carbocycles. The minimum absolute atomic E-state index is 0.703. The second kappa shape index (κ2) is 7.01. The molecule has 0 radical (unpaired) electrons. The zero-order chi connectivity index (χ0) is 14.4. The molecular weight excluding hydrogens is 278 g/mol. The number of nitrogen functional groups attached to an aromatic ring is 1. The van der Waals surface area contributed by atoms with Gasteiger partial charge in [0.05, 0.1) is 23.4 Å². The maximum absolute atomic E-state index is 8.05. The van der Waals surface area contributed by atoms with Gasteiger partial charge in [0.25, 0.3) is 0 Å². The second-order valence-corrected chi connectivity index (χ2v) is 4.73. The van der Waals surface area contributed by atoms with Crippen LogP contribution >= 0.6 is 12.0 Å². The van der Waals surface area contributed by atoms with Gasteiger partial charge in [0.15, 0.2) is 0 Å². The first-order valence-corrected chi connectivity index (χ1v) is 6.46. The van der Waals surface area contributed by atoms with Crippen LogP contribution in [0.25, 0.3) is 0 Å². The molecule has 0 spiro atoms. The van der Waals surface area contributed by atoms with E-state index >= 15 is 0 Å². The van der Waals surface area contributed by atoms with E-state index in [0.717, 1.165) is 33.9 Å². The molecule has 2 aromatic carbocycles. The fraction of sp³-hybridized carbons (Fsp3) is 0.0769. The molecule has 104 valence electrons. The van der Waals surface area contributed by atoms with Crippen molar-refractivity contribution in [1.29, 1.82) is 0 Å². The van der Waals surface area contributed by atoms with Gasteiger partial charge in [0.1, 0.15) is 0 Å². The Labute approximate surface area is 120 Å². The predicted octanol–water partition coefficient (Wildman–Crippen LogP) is 4.42. The van der Waals surface area contributed by atoms with Gasteiger partial charge in [0, 0.05) is 10.6 Å². The average Bonchev–Trinajstić information content (AvgIpc) is 2.47. The van der Waals surface area contributed by atoms with Crippen molar-refractivity contribution >= 4 is 29.1 Å². The third kappa shape index (κ3) is 4.04. The van der Waals surface area contributed by atoms with Crippen LogP contribution in [0.2, 0.25) is 0 Å². The zero-order valence-electron chi connectivity index (χ0n) is 10.7. The summed E-state index contributed by atoms with van der Waals surface area (Å²) < 4.78 is 4.32. The average molecular weight is 291 g/mol. The van der Waals surface area contributed by atoms with Crippen molar-refractivity contribution < 1.29 is 14.6 Å². The van der Waals surface area contributed by atoms with Gasteiger partial charge in [-0.2, -0.15) is 10.2 Å². The second-order valence-electron chi connectivity index (χ2n) is 3.96. The van der Waals surface area contributed by atoms with Gasteiger partial charge in [-0.15, -0.1) is 4.33 Å². The van der Waals surface area contributed by atoms with Crippen LogP contribution < -0.4 is 5.73 Å². The molecule has 0 saturated heterocycles. The van der Waals surface area contributed by atoms with E-state index in [1.807, 2.05) is 19.1 Å². The highest BCUT2D eigenvalue weighted by molar-refractivity contribution is 7.94. The molecule has 2 rings (SSSR count). The van der Waals surface area contributed by atoms with Crippen LogP contribution in [-0.2, 0) is 9.37 Å². The van der Waals surface area contributed by atoms with Gasteiger partial charge < -0.3 is 5.73 Å². The van der Waals surface area contributed by atoms with E-state index in [4.69, 9.17) is 11.0 Å². The molecule has 0 fully saturated rings. The molecule has 0 saturated carbocycles. The Morgan fingerprint density at radius 1 is 1.05 bits per heavy atom. The lowest BCUT2D eigenvalue weighted by Gasteiger charge is -2.00. The maximum Gasteiger partial charge on any atom is 0.0861 e. The lowest BCUT2D eigenvalue weighted by atomic mass is 10.2. The Morgan fingerprint density at radius 2 is 1.70 bits per heavy atom. The van der Waals surface area contributed by atoms with E-state index in [-0.39, 0.29) is 0 Å². The smallest absolute Gasteiger partial charge is 0.0861 e. The predicted molar refractivity (Wildman–Crippen MR) is 76.9 cm³/mol. The molecule has 0 aliphatic heterocycles. The number of nitrogens with zero attached hydrogens (tertiary/aromatic N) is 2. The summed E-state index contributed by atoms with van der Waals surface area (Å²) >= 11 is 0.889. The Kier molecular flexibility index (Phi) is 5.08. The molecule has 6 nitrogen and oxygen atoms in total. The summed E-state index contributed by atoms with van der Waals surface area (Å²) in [5, 5.41) is 19.8. The van der Waals surface area contributed by atoms with E-state index in [0.29, 0.717) is 5.69 Å². The first-order chi connectivity index (χ1) is 9.69. The highest BCUT2D eigenvalue weighted by Crippen LogP contribution is 2.25. The molecule has 0 heterocycles. The molecule has 0 bridgehead atoms. The summed E-state index contributed by atoms with van der Waals surface area (Å²) in [5.41, 5.74) is 8.88. The monoisotopic (exact) mass is 291 g/mol. The summed E-state index contributed by atoms with van der Waals surface area (Å²) in [6.45, 7) is 1.92. The molecule has 0 aliphatic rings. The van der Waals surface area contributed by atoms with Crippen molar-refractivity contribution in [3.8, 4) is 0 Å². The molecule has 7 heteroatoms. The van der Waals surface area contributed by atoms with Crippen LogP contribution in [0.4, 0.5) is 17.1 Å². The first kappa shape index (κ1) is 14.5. The summed E-state index contributed by atoms with van der Waals surface area (Å²) in [6, 6.07) is 12.6. The number of hydrogen-bond acceptors (Lipinski definition) is 7. The topological polar surface area (TPSA) is 89.4 Å². The molecule has 3 N–H and O–H groups in total. The van der Waals surface area contributed by atoms with Crippen LogP contribution in [0, 0.1) is 6.92 Å². The first-order valence-electron chi connectivity index (χ1n) is 5.72. The van der Waals surface area contributed by atoms with E-state index in [2.05, 4.69) is 19.6 Å². The fourth-order valence-corrected chi connectivity index (χ4v) is 1.82. The number of nitrogens with two attached hydrogens (primary N) is 1. The Hall–Kier alpha value is -1.93. The van der Waals surface area contributed by atoms with Gasteiger partial charge in [-0.25, -0.2) is 5.26 Å². The third-order valence-electron chi connectivity index (χ3n) is 2.53. The molecule has 20 heavy (non-hydrogen) atoms. The zero-order valence-corrected chi connectivity index (χ0v) is 11.5. The van der Waals surface area contributed by atoms with Crippen LogP contribution in [0.1, 0.15) is 5.56 Å². The van der Waals surface area contributed by atoms with Gasteiger partial charge >= 0.3 is 0 Å². The van der Waals surface area contributed by atoms with Crippen molar-refractivity contribution in [2.75, 3.05) is 5.73 Å². The summed E-state index contributed by atoms with van der Waals surface area (Å²) in [4.78, 5) is 0.765. The number of rotatable bonds is 5. The van der Waals surface area contributed by atoms with Crippen LogP contribution in [0.5, 0.6) is 0 Å². The Balaban J connectivity index is 2.05. The van der Waals surface area contributed by atoms with Crippen molar-refractivity contribution in [2.45, 2.75) is 11.8 Å². The van der Waals surface area contributed by atoms with Gasteiger partial charge in [-0.1, -0.05) is 5.04 Å². The van der Waals surface area contributed by atoms with Crippen molar-refractivity contribution in [3.05, 3.63) is 48.0 Å². The van der Waals surface area contributed by atoms with Crippen molar-refractivity contribution in [3.63, 3.8) is 0 Å². The number of aryl methyl sites for hydroxylation is 1. The normalized spacial score (nSPS) is 11.1. The number of benzene rings is 2. The molecule has 2 aromatic rings. The van der Waals surface area contributed by atoms with E-state index in [9.17, 15) is 0 Å². The van der Waals surface area contributed by atoms with Crippen LogP contribution in [0.15, 0.2) is 57.6 Å². The Morgan fingerprint density at radius 3 is 2.35 bits per heavy atom. The molecular formula is C13H13N3O3S. The molecule has 0 unspecified atom stereocenters. The standard InChI is InChI=1S/C13H13N3O3S/c1-9-8-11(4-7-13(9)14)16-15-10-2-5-12(6-3-10)20-19-18-17/h2-8,17H,14H2,1H3. The number of azo groups is 1. The molecule has 0 amide bonds. The lowest BCUT2D eigenvalue weighted by Crippen LogP contribution is -1.86. The summed E-state index contributed by atoms with van der Waals surface area (Å²) in [6.07, 6.45) is 0. The van der Waals surface area contributed by atoms with Crippen molar-refractivity contribution in [2.24, 2.45) is 10.2 Å². The minimum Gasteiger partial charge on any atom is -0.399 e. The van der Waals surface area contributed by atoms with E-state index in [1.165, 1.54) is 0 Å². The lowest BCUT2D eigenvalue weighted by molar-refractivity contribution is -0.432. The fourth-order valence-electron chi connectivity index (χ4n) is 1.46. The third-order valence-corrected chi connectivity index (χ3v) is 3.13. The Bertz CT molecular complexity index is 602. The van der Waals surface area contributed by atoms with Gasteiger partial charge in [-0.3, -0.25) is 0 Å². The highest BCUT2D eigenvalue weighted by atomic mass is 32.2. The summed E-state index contributed by atoms with van der Waals surface area (Å²) in [7, 11) is 0. The largest absolute Gasteiger partial charge is 0.399 e. The highest BCUT2D eigenvalue weighted by Gasteiger charge is 1.97. The SMILES string of the molecule is Cc1cc(N=Nc2ccc(SOOO)cc2)ccc1N. The number of anilines is 1. The van der Waals surface area contributed by atoms with Crippen LogP contribution in [0.3, 0.4) is 0 Å². The quantitative estimate of drug-likeness (QED) is 0.280.